The quantitative estimate of drug-likeness (QED) is 0.330. The van der Waals surface area contributed by atoms with Crippen molar-refractivity contribution in [1.29, 1.82) is 0 Å². The molecule has 1 saturated heterocycles. The van der Waals surface area contributed by atoms with Gasteiger partial charge in [-0.05, 0) is 81.4 Å². The summed E-state index contributed by atoms with van der Waals surface area (Å²) in [7, 11) is 1.33. The van der Waals surface area contributed by atoms with Gasteiger partial charge in [0.15, 0.2) is 5.65 Å². The Morgan fingerprint density at radius 2 is 1.79 bits per heavy atom. The monoisotopic (exact) mass is 535 g/mol. The molecule has 0 spiro atoms. The van der Waals surface area contributed by atoms with Gasteiger partial charge >= 0.3 is 5.97 Å². The zero-order chi connectivity index (χ0) is 25.8. The van der Waals surface area contributed by atoms with E-state index in [2.05, 4.69) is 10.6 Å². The van der Waals surface area contributed by atoms with Crippen molar-refractivity contribution in [3.63, 3.8) is 0 Å². The smallest absolute Gasteiger partial charge is 0.337 e. The molecule has 2 aromatic carbocycles. The van der Waals surface area contributed by atoms with Crippen LogP contribution in [-0.4, -0.2) is 53.3 Å². The Morgan fingerprint density at radius 3 is 2.45 bits per heavy atom. The first-order valence-corrected chi connectivity index (χ1v) is 12.4. The normalized spacial score (nSPS) is 13.5. The predicted molar refractivity (Wildman–Crippen MR) is 147 cm³/mol. The van der Waals surface area contributed by atoms with Crippen molar-refractivity contribution in [2.24, 2.45) is 0 Å². The lowest BCUT2D eigenvalue weighted by Crippen LogP contribution is -2.29. The van der Waals surface area contributed by atoms with Crippen LogP contribution in [0.3, 0.4) is 0 Å². The molecular weight excluding hydrogens is 506 g/mol. The summed E-state index contributed by atoms with van der Waals surface area (Å²) in [4.78, 5) is 30.1. The zero-order valence-corrected chi connectivity index (χ0v) is 22.1. The standard InChI is InChI=1S/C28H29N5O4.ClH/c1-3-37-22-10-6-18(7-11-22)24-16-25-31-26(19-12-14-29-15-13-19)23(17-33(25)32-24)27(34)30-21-8-4-20(5-9-21)28(35)36-2;/h4-11,16-17,19,29H,3,12-15H2,1-2H3,(H,30,34);1H. The van der Waals surface area contributed by atoms with Crippen molar-refractivity contribution in [3.8, 4) is 17.0 Å². The number of carbonyl (C=O) groups excluding carboxylic acids is 2. The van der Waals surface area contributed by atoms with Gasteiger partial charge in [-0.3, -0.25) is 4.79 Å². The van der Waals surface area contributed by atoms with Crippen LogP contribution in [0.25, 0.3) is 16.9 Å². The number of nitrogens with zero attached hydrogens (tertiary/aromatic N) is 3. The highest BCUT2D eigenvalue weighted by molar-refractivity contribution is 6.05. The van der Waals surface area contributed by atoms with E-state index >= 15 is 0 Å². The number of rotatable bonds is 7. The number of ether oxygens (including phenoxy) is 2. The molecule has 0 radical (unpaired) electrons. The number of carbonyl (C=O) groups is 2. The van der Waals surface area contributed by atoms with Crippen molar-refractivity contribution >= 4 is 35.6 Å². The largest absolute Gasteiger partial charge is 0.494 e. The van der Waals surface area contributed by atoms with Crippen LogP contribution in [0.1, 0.15) is 52.1 Å². The predicted octanol–water partition coefficient (Wildman–Crippen LogP) is 4.72. The van der Waals surface area contributed by atoms with Crippen LogP contribution in [-0.2, 0) is 4.74 Å². The lowest BCUT2D eigenvalue weighted by molar-refractivity contribution is 0.0600. The Bertz CT molecular complexity index is 1410. The minimum absolute atomic E-state index is 0. The molecule has 10 heteroatoms. The summed E-state index contributed by atoms with van der Waals surface area (Å²) >= 11 is 0. The van der Waals surface area contributed by atoms with Gasteiger partial charge in [0.2, 0.25) is 0 Å². The number of amides is 1. The minimum atomic E-state index is -0.428. The van der Waals surface area contributed by atoms with Crippen molar-refractivity contribution in [2.75, 3.05) is 32.1 Å². The van der Waals surface area contributed by atoms with Gasteiger partial charge in [-0.25, -0.2) is 14.3 Å². The van der Waals surface area contributed by atoms with E-state index in [1.807, 2.05) is 37.3 Å². The van der Waals surface area contributed by atoms with E-state index in [9.17, 15) is 9.59 Å². The first-order chi connectivity index (χ1) is 18.1. The molecule has 0 bridgehead atoms. The highest BCUT2D eigenvalue weighted by Crippen LogP contribution is 2.29. The number of anilines is 1. The van der Waals surface area contributed by atoms with Crippen molar-refractivity contribution in [3.05, 3.63) is 77.6 Å². The van der Waals surface area contributed by atoms with Gasteiger partial charge in [0, 0.05) is 29.4 Å². The Morgan fingerprint density at radius 1 is 1.08 bits per heavy atom. The van der Waals surface area contributed by atoms with Gasteiger partial charge in [0.25, 0.3) is 5.91 Å². The maximum atomic E-state index is 13.5. The molecule has 0 unspecified atom stereocenters. The maximum absolute atomic E-state index is 13.5. The first kappa shape index (κ1) is 27.1. The van der Waals surface area contributed by atoms with E-state index in [1.165, 1.54) is 7.11 Å². The number of halogens is 1. The number of piperidine rings is 1. The van der Waals surface area contributed by atoms with Crippen LogP contribution < -0.4 is 15.4 Å². The Labute approximate surface area is 227 Å². The molecule has 2 aromatic heterocycles. The fraction of sp³-hybridized carbons (Fsp3) is 0.286. The highest BCUT2D eigenvalue weighted by atomic mass is 35.5. The highest BCUT2D eigenvalue weighted by Gasteiger charge is 2.25. The first-order valence-electron chi connectivity index (χ1n) is 12.4. The van der Waals surface area contributed by atoms with E-state index in [0.717, 1.165) is 48.6 Å². The van der Waals surface area contributed by atoms with Gasteiger partial charge in [-0.15, -0.1) is 12.4 Å². The van der Waals surface area contributed by atoms with Crippen molar-refractivity contribution < 1.29 is 19.1 Å². The molecule has 3 heterocycles. The maximum Gasteiger partial charge on any atom is 0.337 e. The topological polar surface area (TPSA) is 107 Å². The fourth-order valence-corrected chi connectivity index (χ4v) is 4.55. The van der Waals surface area contributed by atoms with Crippen molar-refractivity contribution in [1.82, 2.24) is 19.9 Å². The summed E-state index contributed by atoms with van der Waals surface area (Å²) in [5, 5.41) is 11.0. The third kappa shape index (κ3) is 5.79. The van der Waals surface area contributed by atoms with E-state index in [-0.39, 0.29) is 24.2 Å². The molecule has 198 valence electrons. The lowest BCUT2D eigenvalue weighted by Gasteiger charge is -2.24. The third-order valence-electron chi connectivity index (χ3n) is 6.47. The zero-order valence-electron chi connectivity index (χ0n) is 21.3. The number of esters is 1. The average Bonchev–Trinajstić information content (AvgIpc) is 3.36. The molecule has 0 atom stereocenters. The molecule has 1 amide bonds. The molecule has 1 aliphatic heterocycles. The van der Waals surface area contributed by atoms with E-state index in [1.54, 1.807) is 35.0 Å². The van der Waals surface area contributed by atoms with Crippen LogP contribution in [0.4, 0.5) is 5.69 Å². The minimum Gasteiger partial charge on any atom is -0.494 e. The second kappa shape index (κ2) is 12.1. The second-order valence-electron chi connectivity index (χ2n) is 8.88. The number of hydrogen-bond donors (Lipinski definition) is 2. The summed E-state index contributed by atoms with van der Waals surface area (Å²) < 4.78 is 11.9. The summed E-state index contributed by atoms with van der Waals surface area (Å²) in [5.41, 5.74) is 4.64. The number of benzene rings is 2. The van der Waals surface area contributed by atoms with E-state index < -0.39 is 5.97 Å². The number of hydrogen-bond acceptors (Lipinski definition) is 7. The number of fused-ring (bicyclic) bond motifs is 1. The van der Waals surface area contributed by atoms with E-state index in [0.29, 0.717) is 29.1 Å². The Hall–Kier alpha value is -3.95. The summed E-state index contributed by atoms with van der Waals surface area (Å²) in [6.45, 7) is 4.32. The molecule has 0 saturated carbocycles. The molecule has 5 rings (SSSR count). The van der Waals surface area contributed by atoms with Crippen molar-refractivity contribution in [2.45, 2.75) is 25.7 Å². The molecule has 2 N–H and O–H groups in total. The van der Waals surface area contributed by atoms with Crippen LogP contribution in [0, 0.1) is 0 Å². The molecule has 1 fully saturated rings. The van der Waals surface area contributed by atoms with Crippen LogP contribution in [0.5, 0.6) is 5.75 Å². The number of aromatic nitrogens is 3. The van der Waals surface area contributed by atoms with E-state index in [4.69, 9.17) is 19.6 Å². The summed E-state index contributed by atoms with van der Waals surface area (Å²) in [6.07, 6.45) is 3.56. The fourth-order valence-electron chi connectivity index (χ4n) is 4.55. The van der Waals surface area contributed by atoms with Gasteiger partial charge in [-0.2, -0.15) is 5.10 Å². The SMILES string of the molecule is CCOc1ccc(-c2cc3nc(C4CCNCC4)c(C(=O)Nc4ccc(C(=O)OC)cc4)cn3n2)cc1.Cl. The Kier molecular flexibility index (Phi) is 8.60. The second-order valence-corrected chi connectivity index (χ2v) is 8.88. The molecule has 1 aliphatic rings. The Balaban J connectivity index is 0.00000336. The van der Waals surface area contributed by atoms with Crippen LogP contribution >= 0.6 is 12.4 Å². The molecule has 9 nitrogen and oxygen atoms in total. The lowest BCUT2D eigenvalue weighted by atomic mass is 9.91. The third-order valence-corrected chi connectivity index (χ3v) is 6.47. The van der Waals surface area contributed by atoms with Gasteiger partial charge in [0.05, 0.1) is 36.2 Å². The van der Waals surface area contributed by atoms with Gasteiger partial charge in [-0.1, -0.05) is 0 Å². The van der Waals surface area contributed by atoms with Gasteiger partial charge < -0.3 is 20.1 Å². The van der Waals surface area contributed by atoms with Crippen LogP contribution in [0.2, 0.25) is 0 Å². The summed E-state index contributed by atoms with van der Waals surface area (Å²) in [5.74, 6) is 0.270. The van der Waals surface area contributed by atoms with Gasteiger partial charge in [0.1, 0.15) is 5.75 Å². The molecule has 0 aliphatic carbocycles. The summed E-state index contributed by atoms with van der Waals surface area (Å²) in [6, 6.07) is 16.3. The molecular formula is C28H30ClN5O4. The molecule has 4 aromatic rings. The number of methoxy groups -OCH3 is 1. The average molecular weight is 536 g/mol. The molecule has 38 heavy (non-hydrogen) atoms. The number of nitrogens with one attached hydrogen (secondary N) is 2. The van der Waals surface area contributed by atoms with Crippen LogP contribution in [0.15, 0.2) is 60.8 Å².